The van der Waals surface area contributed by atoms with Gasteiger partial charge in [0, 0.05) is 13.2 Å². The van der Waals surface area contributed by atoms with E-state index < -0.39 is 23.1 Å². The molecule has 0 amide bonds. The highest BCUT2D eigenvalue weighted by Crippen LogP contribution is 2.29. The molecule has 1 saturated heterocycles. The summed E-state index contributed by atoms with van der Waals surface area (Å²) in [7, 11) is 0. The van der Waals surface area contributed by atoms with E-state index in [9.17, 15) is 14.9 Å². The first-order valence-electron chi connectivity index (χ1n) is 6.60. The number of nitrogens with one attached hydrogen (secondary N) is 2. The van der Waals surface area contributed by atoms with E-state index in [1.54, 1.807) is 0 Å². The minimum Gasteiger partial charge on any atom is -0.480 e. The van der Waals surface area contributed by atoms with E-state index in [2.05, 4.69) is 20.6 Å². The molecule has 1 atom stereocenters. The highest BCUT2D eigenvalue weighted by molar-refractivity contribution is 5.73. The Hall–Kier alpha value is -2.69. The van der Waals surface area contributed by atoms with Gasteiger partial charge in [-0.2, -0.15) is 9.97 Å². The Bertz CT molecular complexity index is 574. The van der Waals surface area contributed by atoms with Gasteiger partial charge >= 0.3 is 11.7 Å². The van der Waals surface area contributed by atoms with Crippen molar-refractivity contribution in [1.82, 2.24) is 9.97 Å². The number of nitrogen functional groups attached to an aromatic ring is 1. The second-order valence-electron chi connectivity index (χ2n) is 4.65. The molecule has 11 nitrogen and oxygen atoms in total. The lowest BCUT2D eigenvalue weighted by molar-refractivity contribution is -0.383. The first-order valence-corrected chi connectivity index (χ1v) is 6.60. The Morgan fingerprint density at radius 2 is 2.27 bits per heavy atom. The van der Waals surface area contributed by atoms with Gasteiger partial charge in [0.25, 0.3) is 0 Å². The van der Waals surface area contributed by atoms with Crippen LogP contribution < -0.4 is 16.4 Å². The van der Waals surface area contributed by atoms with Crippen molar-refractivity contribution in [3.63, 3.8) is 0 Å². The standard InChI is InChI=1S/C11H16N6O5/c12-9-8(17(20)21)10(13-4-6-2-1-3-22-6)16-11(15-9)14-5-7(18)19/h6H,1-5H2,(H,18,19)(H4,12,13,14,15,16). The number of hydrogen-bond acceptors (Lipinski definition) is 9. The summed E-state index contributed by atoms with van der Waals surface area (Å²) < 4.78 is 5.41. The largest absolute Gasteiger partial charge is 0.480 e. The molecule has 1 aliphatic heterocycles. The van der Waals surface area contributed by atoms with Gasteiger partial charge in [0.1, 0.15) is 6.54 Å². The number of hydrogen-bond donors (Lipinski definition) is 4. The number of carboxylic acid groups (broad SMARTS) is 1. The van der Waals surface area contributed by atoms with Crippen LogP contribution in [-0.4, -0.2) is 51.8 Å². The van der Waals surface area contributed by atoms with Crippen LogP contribution in [0.4, 0.5) is 23.3 Å². The number of carboxylic acids is 1. The fraction of sp³-hybridized carbons (Fsp3) is 0.545. The number of nitrogens with two attached hydrogens (primary N) is 1. The quantitative estimate of drug-likeness (QED) is 0.399. The van der Waals surface area contributed by atoms with Gasteiger partial charge in [-0.3, -0.25) is 14.9 Å². The second kappa shape index (κ2) is 6.85. The molecule has 22 heavy (non-hydrogen) atoms. The minimum atomic E-state index is -1.12. The summed E-state index contributed by atoms with van der Waals surface area (Å²) in [6.45, 7) is 0.573. The lowest BCUT2D eigenvalue weighted by Gasteiger charge is -2.13. The normalized spacial score (nSPS) is 17.2. The van der Waals surface area contributed by atoms with Crippen molar-refractivity contribution in [2.75, 3.05) is 36.1 Å². The van der Waals surface area contributed by atoms with Gasteiger partial charge in [-0.05, 0) is 12.8 Å². The van der Waals surface area contributed by atoms with Crippen molar-refractivity contribution in [3.8, 4) is 0 Å². The maximum absolute atomic E-state index is 11.1. The molecule has 1 aliphatic rings. The zero-order chi connectivity index (χ0) is 16.1. The van der Waals surface area contributed by atoms with E-state index in [1.165, 1.54) is 0 Å². The molecule has 2 rings (SSSR count). The number of rotatable bonds is 7. The molecular weight excluding hydrogens is 296 g/mol. The fourth-order valence-electron chi connectivity index (χ4n) is 2.03. The molecule has 11 heteroatoms. The molecule has 1 fully saturated rings. The molecule has 0 aliphatic carbocycles. The number of aliphatic carboxylic acids is 1. The van der Waals surface area contributed by atoms with E-state index in [1.807, 2.05) is 0 Å². The van der Waals surface area contributed by atoms with Gasteiger partial charge in [-0.15, -0.1) is 0 Å². The molecule has 1 aromatic rings. The van der Waals surface area contributed by atoms with Crippen LogP contribution in [0.1, 0.15) is 12.8 Å². The summed E-state index contributed by atoms with van der Waals surface area (Å²) in [6, 6.07) is 0. The molecule has 1 unspecified atom stereocenters. The Kier molecular flexibility index (Phi) is 4.88. The molecule has 1 aromatic heterocycles. The fourth-order valence-corrected chi connectivity index (χ4v) is 2.03. The first kappa shape index (κ1) is 15.7. The van der Waals surface area contributed by atoms with Crippen molar-refractivity contribution in [2.45, 2.75) is 18.9 Å². The molecular formula is C11H16N6O5. The SMILES string of the molecule is Nc1nc(NCC(=O)O)nc(NCC2CCCO2)c1[N+](=O)[O-]. The van der Waals surface area contributed by atoms with Gasteiger partial charge in [-0.25, -0.2) is 0 Å². The maximum Gasteiger partial charge on any atom is 0.353 e. The van der Waals surface area contributed by atoms with E-state index in [0.717, 1.165) is 12.8 Å². The maximum atomic E-state index is 11.1. The molecule has 2 heterocycles. The van der Waals surface area contributed by atoms with Crippen LogP contribution in [0, 0.1) is 10.1 Å². The summed E-state index contributed by atoms with van der Waals surface area (Å²) in [5.74, 6) is -1.63. The van der Waals surface area contributed by atoms with Gasteiger partial charge < -0.3 is 26.2 Å². The van der Waals surface area contributed by atoms with Crippen molar-refractivity contribution in [1.29, 1.82) is 0 Å². The number of ether oxygens (including phenoxy) is 1. The minimum absolute atomic E-state index is 0.0498. The van der Waals surface area contributed by atoms with Gasteiger partial charge in [-0.1, -0.05) is 0 Å². The molecule has 0 spiro atoms. The highest BCUT2D eigenvalue weighted by atomic mass is 16.6. The molecule has 120 valence electrons. The van der Waals surface area contributed by atoms with E-state index in [-0.39, 0.29) is 23.7 Å². The lowest BCUT2D eigenvalue weighted by Crippen LogP contribution is -2.21. The van der Waals surface area contributed by atoms with E-state index >= 15 is 0 Å². The van der Waals surface area contributed by atoms with E-state index in [0.29, 0.717) is 13.2 Å². The zero-order valence-corrected chi connectivity index (χ0v) is 11.6. The van der Waals surface area contributed by atoms with Gasteiger partial charge in [0.2, 0.25) is 17.6 Å². The van der Waals surface area contributed by atoms with Crippen LogP contribution >= 0.6 is 0 Å². The second-order valence-corrected chi connectivity index (χ2v) is 4.65. The number of nitrogens with zero attached hydrogens (tertiary/aromatic N) is 3. The molecule has 0 saturated carbocycles. The molecule has 0 bridgehead atoms. The van der Waals surface area contributed by atoms with Crippen molar-refractivity contribution in [2.24, 2.45) is 0 Å². The summed E-state index contributed by atoms with van der Waals surface area (Å²) in [6.07, 6.45) is 1.74. The zero-order valence-electron chi connectivity index (χ0n) is 11.6. The third kappa shape index (κ3) is 3.91. The third-order valence-electron chi connectivity index (χ3n) is 3.01. The van der Waals surface area contributed by atoms with Gasteiger partial charge in [0.15, 0.2) is 0 Å². The molecule has 0 aromatic carbocycles. The average molecular weight is 312 g/mol. The Balaban J connectivity index is 2.18. The monoisotopic (exact) mass is 312 g/mol. The Labute approximate surface area is 125 Å². The number of aromatic nitrogens is 2. The smallest absolute Gasteiger partial charge is 0.353 e. The number of carbonyl (C=O) groups is 1. The topological polar surface area (TPSA) is 166 Å². The third-order valence-corrected chi connectivity index (χ3v) is 3.01. The molecule has 5 N–H and O–H groups in total. The summed E-state index contributed by atoms with van der Waals surface area (Å²) >= 11 is 0. The summed E-state index contributed by atoms with van der Waals surface area (Å²) in [5.41, 5.74) is 5.12. The van der Waals surface area contributed by atoms with Crippen molar-refractivity contribution < 1.29 is 19.6 Å². The number of anilines is 3. The predicted octanol–water partition coefficient (Wildman–Crippen LogP) is 0.0544. The van der Waals surface area contributed by atoms with Crippen LogP contribution in [0.3, 0.4) is 0 Å². The van der Waals surface area contributed by atoms with Crippen molar-refractivity contribution in [3.05, 3.63) is 10.1 Å². The van der Waals surface area contributed by atoms with Crippen LogP contribution in [-0.2, 0) is 9.53 Å². The Morgan fingerprint density at radius 1 is 1.50 bits per heavy atom. The summed E-state index contributed by atoms with van der Waals surface area (Å²) in [4.78, 5) is 28.5. The highest BCUT2D eigenvalue weighted by Gasteiger charge is 2.24. The summed E-state index contributed by atoms with van der Waals surface area (Å²) in [5, 5.41) is 24.9. The molecule has 0 radical (unpaired) electrons. The van der Waals surface area contributed by atoms with E-state index in [4.69, 9.17) is 15.6 Å². The lowest BCUT2D eigenvalue weighted by atomic mass is 10.2. The first-order chi connectivity index (χ1) is 10.5. The Morgan fingerprint density at radius 3 is 2.86 bits per heavy atom. The van der Waals surface area contributed by atoms with Crippen LogP contribution in [0.2, 0.25) is 0 Å². The van der Waals surface area contributed by atoms with Crippen LogP contribution in [0.5, 0.6) is 0 Å². The average Bonchev–Trinajstić information content (AvgIpc) is 2.95. The van der Waals surface area contributed by atoms with Crippen molar-refractivity contribution >= 4 is 29.2 Å². The van der Waals surface area contributed by atoms with Gasteiger partial charge in [0.05, 0.1) is 11.0 Å². The predicted molar refractivity (Wildman–Crippen MR) is 76.7 cm³/mol. The van der Waals surface area contributed by atoms with Crippen LogP contribution in [0.15, 0.2) is 0 Å². The number of nitro groups is 1. The van der Waals surface area contributed by atoms with Crippen LogP contribution in [0.25, 0.3) is 0 Å².